The molecule has 1 aliphatic rings. The van der Waals surface area contributed by atoms with Crippen LogP contribution in [0.25, 0.3) is 0 Å². The standard InChI is InChI=1S/C28H40N8O8S2/c1-5-13(3)21-27(43)33-15(9-37)23(39)29-8-20-32-18(12-46-20)26(42)36-22(14(4)6-2)28(44)34-16(10-38)24(40)30-7-19-31-17(11-45-19)25(41)35-21/h11-16,21-22,37-38H,5-10H2,1-4H3,(H,29,39)(H,30,40)(H,33,43)(H,34,44)(H,35,41)(H,36,42)/t13?,14?,15-,16-,21-,22-/m0/s1. The number of aliphatic hydroxyl groups is 2. The summed E-state index contributed by atoms with van der Waals surface area (Å²) in [5.74, 6) is -4.82. The number of nitrogens with one attached hydrogen (secondary N) is 6. The van der Waals surface area contributed by atoms with Gasteiger partial charge in [0.15, 0.2) is 0 Å². The fraction of sp³-hybridized carbons (Fsp3) is 0.571. The maximum atomic E-state index is 13.2. The highest BCUT2D eigenvalue weighted by molar-refractivity contribution is 7.10. The Balaban J connectivity index is 1.91. The molecule has 0 fully saturated rings. The fourth-order valence-electron chi connectivity index (χ4n) is 4.31. The predicted octanol–water partition coefficient (Wildman–Crippen LogP) is -1.21. The van der Waals surface area contributed by atoms with Crippen molar-refractivity contribution in [2.24, 2.45) is 11.8 Å². The van der Waals surface area contributed by atoms with E-state index in [9.17, 15) is 39.0 Å². The zero-order valence-corrected chi connectivity index (χ0v) is 27.5. The van der Waals surface area contributed by atoms with Crippen LogP contribution in [0.4, 0.5) is 0 Å². The molecule has 46 heavy (non-hydrogen) atoms. The van der Waals surface area contributed by atoms with Gasteiger partial charge in [-0.1, -0.05) is 40.5 Å². The number of fused-ring (bicyclic) bond motifs is 4. The van der Waals surface area contributed by atoms with Gasteiger partial charge in [0.1, 0.15) is 45.6 Å². The van der Waals surface area contributed by atoms with E-state index in [2.05, 4.69) is 41.9 Å². The summed E-state index contributed by atoms with van der Waals surface area (Å²) in [5, 5.41) is 38.7. The molecule has 16 nitrogen and oxygen atoms in total. The van der Waals surface area contributed by atoms with Crippen molar-refractivity contribution in [3.05, 3.63) is 32.2 Å². The van der Waals surface area contributed by atoms with Gasteiger partial charge in [-0.3, -0.25) is 28.8 Å². The molecule has 0 aliphatic carbocycles. The molecule has 252 valence electrons. The summed E-state index contributed by atoms with van der Waals surface area (Å²) in [7, 11) is 0. The largest absolute Gasteiger partial charge is 0.394 e. The number of rotatable bonds is 6. The van der Waals surface area contributed by atoms with Crippen molar-refractivity contribution in [1.82, 2.24) is 41.9 Å². The molecule has 3 heterocycles. The van der Waals surface area contributed by atoms with E-state index in [1.807, 2.05) is 13.8 Å². The summed E-state index contributed by atoms with van der Waals surface area (Å²) in [5.41, 5.74) is -0.0218. The first-order chi connectivity index (χ1) is 21.9. The van der Waals surface area contributed by atoms with Crippen LogP contribution < -0.4 is 31.9 Å². The molecule has 0 saturated heterocycles. The van der Waals surface area contributed by atoms with E-state index in [1.54, 1.807) is 13.8 Å². The number of aromatic nitrogens is 2. The number of thiazole rings is 2. The van der Waals surface area contributed by atoms with Gasteiger partial charge in [-0.2, -0.15) is 0 Å². The Morgan fingerprint density at radius 3 is 1.37 bits per heavy atom. The Morgan fingerprint density at radius 1 is 0.674 bits per heavy atom. The zero-order chi connectivity index (χ0) is 34.0. The van der Waals surface area contributed by atoms with Crippen LogP contribution in [0.2, 0.25) is 0 Å². The van der Waals surface area contributed by atoms with E-state index >= 15 is 0 Å². The fourth-order valence-corrected chi connectivity index (χ4v) is 5.74. The van der Waals surface area contributed by atoms with E-state index in [4.69, 9.17) is 0 Å². The Labute approximate surface area is 273 Å². The van der Waals surface area contributed by atoms with Gasteiger partial charge in [0.05, 0.1) is 26.3 Å². The molecule has 2 aromatic rings. The molecule has 6 atom stereocenters. The van der Waals surface area contributed by atoms with Gasteiger partial charge < -0.3 is 42.1 Å². The molecular weight excluding hydrogens is 640 g/mol. The Hall–Kier alpha value is -4.00. The number of carbonyl (C=O) groups is 6. The highest BCUT2D eigenvalue weighted by atomic mass is 32.1. The molecule has 2 unspecified atom stereocenters. The Bertz CT molecular complexity index is 1310. The average Bonchev–Trinajstić information content (AvgIpc) is 3.74. The topological polar surface area (TPSA) is 241 Å². The smallest absolute Gasteiger partial charge is 0.271 e. The van der Waals surface area contributed by atoms with Crippen LogP contribution in [0.1, 0.15) is 71.5 Å². The molecule has 8 N–H and O–H groups in total. The second-order valence-corrected chi connectivity index (χ2v) is 12.7. The SMILES string of the molecule is CCC(C)[C@@H]1NC(=O)c2csc(n2)CNC(=O)[C@H](CO)NC(=O)[C@H](C(C)CC)NC(=O)c2csc(n2)CNC(=O)[C@H](CO)NC1=O. The molecule has 3 rings (SSSR count). The summed E-state index contributed by atoms with van der Waals surface area (Å²) in [6, 6.07) is -4.81. The lowest BCUT2D eigenvalue weighted by Gasteiger charge is -2.25. The first kappa shape index (κ1) is 36.5. The normalized spacial score (nSPS) is 23.9. The maximum absolute atomic E-state index is 13.2. The van der Waals surface area contributed by atoms with E-state index in [0.29, 0.717) is 22.9 Å². The summed E-state index contributed by atoms with van der Waals surface area (Å²) in [6.07, 6.45) is 1.01. The number of carbonyl (C=O) groups excluding carboxylic acids is 6. The minimum absolute atomic E-state index is 0.0109. The zero-order valence-electron chi connectivity index (χ0n) is 25.9. The molecule has 0 spiro atoms. The number of hydrogen-bond donors (Lipinski definition) is 8. The lowest BCUT2D eigenvalue weighted by atomic mass is 9.97. The summed E-state index contributed by atoms with van der Waals surface area (Å²) in [4.78, 5) is 86.7. The molecule has 2 aromatic heterocycles. The van der Waals surface area contributed by atoms with Gasteiger partial charge in [0.2, 0.25) is 23.6 Å². The van der Waals surface area contributed by atoms with Crippen LogP contribution in [-0.4, -0.2) is 93.0 Å². The number of hydrogen-bond acceptors (Lipinski definition) is 12. The van der Waals surface area contributed by atoms with E-state index < -0.39 is 72.8 Å². The van der Waals surface area contributed by atoms with E-state index in [-0.39, 0.29) is 36.3 Å². The Morgan fingerprint density at radius 2 is 1.04 bits per heavy atom. The summed E-state index contributed by atoms with van der Waals surface area (Å²) >= 11 is 2.14. The monoisotopic (exact) mass is 680 g/mol. The molecule has 1 aliphatic heterocycles. The third kappa shape index (κ3) is 9.51. The number of amides is 6. The van der Waals surface area contributed by atoms with Gasteiger partial charge >= 0.3 is 0 Å². The van der Waals surface area contributed by atoms with Crippen LogP contribution in [0.5, 0.6) is 0 Å². The van der Waals surface area contributed by atoms with Crippen LogP contribution in [-0.2, 0) is 32.3 Å². The lowest BCUT2D eigenvalue weighted by Crippen LogP contribution is -2.56. The molecule has 0 saturated carbocycles. The van der Waals surface area contributed by atoms with Crippen molar-refractivity contribution in [3.63, 3.8) is 0 Å². The molecule has 4 bridgehead atoms. The van der Waals surface area contributed by atoms with Crippen molar-refractivity contribution >= 4 is 58.1 Å². The number of nitrogens with zero attached hydrogens (tertiary/aromatic N) is 2. The molecule has 6 amide bonds. The van der Waals surface area contributed by atoms with Crippen LogP contribution in [0.15, 0.2) is 10.8 Å². The quantitative estimate of drug-likeness (QED) is 0.181. The maximum Gasteiger partial charge on any atom is 0.271 e. The van der Waals surface area contributed by atoms with Crippen molar-refractivity contribution in [2.45, 2.75) is 77.8 Å². The van der Waals surface area contributed by atoms with Crippen LogP contribution >= 0.6 is 22.7 Å². The number of aliphatic hydroxyl groups excluding tert-OH is 2. The Kier molecular flexibility index (Phi) is 13.5. The van der Waals surface area contributed by atoms with Crippen molar-refractivity contribution in [1.29, 1.82) is 0 Å². The van der Waals surface area contributed by atoms with Crippen LogP contribution in [0, 0.1) is 11.8 Å². The van der Waals surface area contributed by atoms with Gasteiger partial charge in [0.25, 0.3) is 11.8 Å². The van der Waals surface area contributed by atoms with Crippen molar-refractivity contribution < 1.29 is 39.0 Å². The first-order valence-corrected chi connectivity index (χ1v) is 16.6. The molecule has 0 aromatic carbocycles. The van der Waals surface area contributed by atoms with Gasteiger partial charge in [-0.05, 0) is 11.8 Å². The second kappa shape index (κ2) is 17.1. The third-order valence-corrected chi connectivity index (χ3v) is 9.29. The molecule has 0 radical (unpaired) electrons. The minimum Gasteiger partial charge on any atom is -0.394 e. The highest BCUT2D eigenvalue weighted by Gasteiger charge is 2.32. The molecular formula is C28H40N8O8S2. The van der Waals surface area contributed by atoms with Crippen molar-refractivity contribution in [3.8, 4) is 0 Å². The van der Waals surface area contributed by atoms with Gasteiger partial charge in [-0.25, -0.2) is 9.97 Å². The van der Waals surface area contributed by atoms with Crippen LogP contribution in [0.3, 0.4) is 0 Å². The lowest BCUT2D eigenvalue weighted by molar-refractivity contribution is -0.131. The van der Waals surface area contributed by atoms with E-state index in [0.717, 1.165) is 22.7 Å². The third-order valence-electron chi connectivity index (χ3n) is 7.59. The van der Waals surface area contributed by atoms with Gasteiger partial charge in [-0.15, -0.1) is 22.7 Å². The highest BCUT2D eigenvalue weighted by Crippen LogP contribution is 2.15. The first-order valence-electron chi connectivity index (χ1n) is 14.8. The average molecular weight is 681 g/mol. The van der Waals surface area contributed by atoms with Gasteiger partial charge in [0, 0.05) is 10.8 Å². The van der Waals surface area contributed by atoms with E-state index in [1.165, 1.54) is 10.8 Å². The second-order valence-electron chi connectivity index (χ2n) is 10.8. The predicted molar refractivity (Wildman–Crippen MR) is 167 cm³/mol. The molecule has 18 heteroatoms. The minimum atomic E-state index is -1.34. The summed E-state index contributed by atoms with van der Waals surface area (Å²) < 4.78 is 0. The van der Waals surface area contributed by atoms with Crippen molar-refractivity contribution in [2.75, 3.05) is 13.2 Å². The summed E-state index contributed by atoms with van der Waals surface area (Å²) in [6.45, 7) is 5.45.